The minimum Gasteiger partial charge on any atom is -0.493 e. The third-order valence-corrected chi connectivity index (χ3v) is 3.99. The average molecular weight is 307 g/mol. The largest absolute Gasteiger partial charge is 0.493 e. The molecule has 1 saturated heterocycles. The molecule has 1 aliphatic heterocycles. The maximum Gasteiger partial charge on any atom is 0.161 e. The van der Waals surface area contributed by atoms with Gasteiger partial charge >= 0.3 is 0 Å². The highest BCUT2D eigenvalue weighted by atomic mass is 16.5. The summed E-state index contributed by atoms with van der Waals surface area (Å²) >= 11 is 0. The highest BCUT2D eigenvalue weighted by molar-refractivity contribution is 5.43. The van der Waals surface area contributed by atoms with Gasteiger partial charge in [-0.15, -0.1) is 0 Å². The highest BCUT2D eigenvalue weighted by Crippen LogP contribution is 2.29. The van der Waals surface area contributed by atoms with Crippen molar-refractivity contribution in [3.05, 3.63) is 23.8 Å². The van der Waals surface area contributed by atoms with Gasteiger partial charge < -0.3 is 14.2 Å². The van der Waals surface area contributed by atoms with Crippen LogP contribution in [0.4, 0.5) is 0 Å². The topological polar surface area (TPSA) is 30.9 Å². The van der Waals surface area contributed by atoms with Crippen LogP contribution >= 0.6 is 0 Å². The summed E-state index contributed by atoms with van der Waals surface area (Å²) in [7, 11) is 1.71. The molecule has 0 N–H and O–H groups in total. The van der Waals surface area contributed by atoms with Crippen LogP contribution in [0.2, 0.25) is 0 Å². The van der Waals surface area contributed by atoms with Crippen LogP contribution in [-0.4, -0.2) is 44.9 Å². The van der Waals surface area contributed by atoms with E-state index < -0.39 is 0 Å². The predicted octanol–water partition coefficient (Wildman–Crippen LogP) is 3.49. The Hall–Kier alpha value is -1.26. The fourth-order valence-electron chi connectivity index (χ4n) is 2.66. The molecule has 1 aromatic rings. The number of methoxy groups -OCH3 is 1. The van der Waals surface area contributed by atoms with Crippen molar-refractivity contribution >= 4 is 0 Å². The lowest BCUT2D eigenvalue weighted by Gasteiger charge is -2.26. The van der Waals surface area contributed by atoms with E-state index in [1.807, 2.05) is 6.07 Å². The molecule has 0 bridgehead atoms. The second-order valence-corrected chi connectivity index (χ2v) is 5.78. The molecule has 0 atom stereocenters. The Bertz CT molecular complexity index is 430. The van der Waals surface area contributed by atoms with Crippen LogP contribution in [0.25, 0.3) is 0 Å². The fourth-order valence-corrected chi connectivity index (χ4v) is 2.66. The number of rotatable bonds is 9. The standard InChI is InChI=1S/C18H29NO3/c1-3-4-5-6-11-22-17-8-7-16(14-18(17)20-2)15-19-9-12-21-13-10-19/h7-8,14H,3-6,9-13,15H2,1-2H3. The van der Waals surface area contributed by atoms with Gasteiger partial charge in [0.25, 0.3) is 0 Å². The van der Waals surface area contributed by atoms with Crippen molar-refractivity contribution < 1.29 is 14.2 Å². The van der Waals surface area contributed by atoms with E-state index in [1.54, 1.807) is 7.11 Å². The molecule has 22 heavy (non-hydrogen) atoms. The third kappa shape index (κ3) is 5.50. The molecule has 4 nitrogen and oxygen atoms in total. The molecule has 0 spiro atoms. The van der Waals surface area contributed by atoms with Crippen LogP contribution in [-0.2, 0) is 11.3 Å². The summed E-state index contributed by atoms with van der Waals surface area (Å²) in [4.78, 5) is 2.41. The number of nitrogens with zero attached hydrogens (tertiary/aromatic N) is 1. The molecule has 0 radical (unpaired) electrons. The zero-order valence-electron chi connectivity index (χ0n) is 14.0. The van der Waals surface area contributed by atoms with E-state index in [9.17, 15) is 0 Å². The number of hydrogen-bond acceptors (Lipinski definition) is 4. The molecule has 1 fully saturated rings. The molecule has 0 unspecified atom stereocenters. The Labute approximate surface area is 134 Å². The number of ether oxygens (including phenoxy) is 3. The van der Waals surface area contributed by atoms with Gasteiger partial charge in [0.05, 0.1) is 26.9 Å². The summed E-state index contributed by atoms with van der Waals surface area (Å²) < 4.78 is 16.7. The summed E-state index contributed by atoms with van der Waals surface area (Å²) in [6.45, 7) is 7.58. The van der Waals surface area contributed by atoms with Gasteiger partial charge in [-0.2, -0.15) is 0 Å². The minimum atomic E-state index is 0.763. The lowest BCUT2D eigenvalue weighted by Crippen LogP contribution is -2.35. The van der Waals surface area contributed by atoms with Crippen LogP contribution in [0.1, 0.15) is 38.2 Å². The maximum atomic E-state index is 5.86. The molecule has 4 heteroatoms. The molecule has 0 aromatic heterocycles. The first kappa shape index (κ1) is 17.1. The smallest absolute Gasteiger partial charge is 0.161 e. The molecule has 1 heterocycles. The number of unbranched alkanes of at least 4 members (excludes halogenated alkanes) is 3. The van der Waals surface area contributed by atoms with Gasteiger partial charge in [-0.25, -0.2) is 0 Å². The van der Waals surface area contributed by atoms with Gasteiger partial charge in [-0.05, 0) is 24.1 Å². The first-order chi connectivity index (χ1) is 10.8. The molecule has 1 aliphatic rings. The third-order valence-electron chi connectivity index (χ3n) is 3.99. The van der Waals surface area contributed by atoms with Crippen LogP contribution in [0.5, 0.6) is 11.5 Å². The normalized spacial score (nSPS) is 15.7. The Kier molecular flexibility index (Phi) is 7.54. The van der Waals surface area contributed by atoms with Gasteiger partial charge in [-0.3, -0.25) is 4.90 Å². The van der Waals surface area contributed by atoms with Gasteiger partial charge in [-0.1, -0.05) is 32.3 Å². The summed E-state index contributed by atoms with van der Waals surface area (Å²) in [5.74, 6) is 1.69. The maximum absolute atomic E-state index is 5.86. The van der Waals surface area contributed by atoms with Crippen molar-refractivity contribution in [3.63, 3.8) is 0 Å². The second kappa shape index (κ2) is 9.70. The highest BCUT2D eigenvalue weighted by Gasteiger charge is 2.12. The fraction of sp³-hybridized carbons (Fsp3) is 0.667. The van der Waals surface area contributed by atoms with Crippen LogP contribution < -0.4 is 9.47 Å². The molecular weight excluding hydrogens is 278 g/mol. The van der Waals surface area contributed by atoms with E-state index in [4.69, 9.17) is 14.2 Å². The van der Waals surface area contributed by atoms with Gasteiger partial charge in [0.2, 0.25) is 0 Å². The van der Waals surface area contributed by atoms with Gasteiger partial charge in [0.15, 0.2) is 11.5 Å². The lowest BCUT2D eigenvalue weighted by atomic mass is 10.1. The second-order valence-electron chi connectivity index (χ2n) is 5.78. The lowest BCUT2D eigenvalue weighted by molar-refractivity contribution is 0.0341. The Morgan fingerprint density at radius 2 is 1.91 bits per heavy atom. The van der Waals surface area contributed by atoms with E-state index in [2.05, 4.69) is 24.0 Å². The van der Waals surface area contributed by atoms with Crippen LogP contribution in [0.15, 0.2) is 18.2 Å². The molecule has 0 aliphatic carbocycles. The Morgan fingerprint density at radius 3 is 2.64 bits per heavy atom. The summed E-state index contributed by atoms with van der Waals surface area (Å²) in [6.07, 6.45) is 4.86. The zero-order valence-corrected chi connectivity index (χ0v) is 14.0. The average Bonchev–Trinajstić information content (AvgIpc) is 2.56. The molecule has 124 valence electrons. The van der Waals surface area contributed by atoms with Gasteiger partial charge in [0, 0.05) is 19.6 Å². The zero-order chi connectivity index (χ0) is 15.6. The Morgan fingerprint density at radius 1 is 1.09 bits per heavy atom. The van der Waals surface area contributed by atoms with Crippen molar-refractivity contribution in [3.8, 4) is 11.5 Å². The Balaban J connectivity index is 1.86. The number of morpholine rings is 1. The molecule has 0 saturated carbocycles. The van der Waals surface area contributed by atoms with Crippen molar-refractivity contribution in [2.24, 2.45) is 0 Å². The number of hydrogen-bond donors (Lipinski definition) is 0. The summed E-state index contributed by atoms with van der Waals surface area (Å²) in [5, 5.41) is 0. The monoisotopic (exact) mass is 307 g/mol. The number of benzene rings is 1. The molecule has 1 aromatic carbocycles. The quantitative estimate of drug-likeness (QED) is 0.654. The van der Waals surface area contributed by atoms with Gasteiger partial charge in [0.1, 0.15) is 0 Å². The van der Waals surface area contributed by atoms with Crippen molar-refractivity contribution in [2.75, 3.05) is 40.0 Å². The first-order valence-electron chi connectivity index (χ1n) is 8.43. The van der Waals surface area contributed by atoms with Crippen LogP contribution in [0.3, 0.4) is 0 Å². The SMILES string of the molecule is CCCCCCOc1ccc(CN2CCOCC2)cc1OC. The minimum absolute atomic E-state index is 0.763. The molecule has 2 rings (SSSR count). The molecular formula is C18H29NO3. The summed E-state index contributed by atoms with van der Waals surface area (Å²) in [6, 6.07) is 6.27. The van der Waals surface area contributed by atoms with E-state index in [0.29, 0.717) is 0 Å². The molecule has 0 amide bonds. The van der Waals surface area contributed by atoms with E-state index in [0.717, 1.165) is 57.4 Å². The van der Waals surface area contributed by atoms with Crippen molar-refractivity contribution in [1.29, 1.82) is 0 Å². The van der Waals surface area contributed by atoms with E-state index in [-0.39, 0.29) is 0 Å². The summed E-state index contributed by atoms with van der Waals surface area (Å²) in [5.41, 5.74) is 1.26. The van der Waals surface area contributed by atoms with E-state index >= 15 is 0 Å². The first-order valence-corrected chi connectivity index (χ1v) is 8.43. The van der Waals surface area contributed by atoms with Crippen molar-refractivity contribution in [2.45, 2.75) is 39.2 Å². The van der Waals surface area contributed by atoms with Crippen molar-refractivity contribution in [1.82, 2.24) is 4.90 Å². The predicted molar refractivity (Wildman–Crippen MR) is 88.7 cm³/mol. The van der Waals surface area contributed by atoms with Crippen LogP contribution in [0, 0.1) is 0 Å². The van der Waals surface area contributed by atoms with E-state index in [1.165, 1.54) is 24.8 Å².